The van der Waals surface area contributed by atoms with E-state index in [1.54, 1.807) is 7.11 Å². The second-order valence-corrected chi connectivity index (χ2v) is 4.05. The van der Waals surface area contributed by atoms with Gasteiger partial charge < -0.3 is 10.1 Å². The van der Waals surface area contributed by atoms with E-state index >= 15 is 0 Å². The molecule has 1 aromatic rings. The van der Waals surface area contributed by atoms with Gasteiger partial charge in [0.05, 0.1) is 7.11 Å². The van der Waals surface area contributed by atoms with Gasteiger partial charge >= 0.3 is 0 Å². The van der Waals surface area contributed by atoms with Gasteiger partial charge in [0.1, 0.15) is 5.75 Å². The van der Waals surface area contributed by atoms with E-state index in [-0.39, 0.29) is 11.8 Å². The van der Waals surface area contributed by atoms with E-state index < -0.39 is 0 Å². The van der Waals surface area contributed by atoms with E-state index in [1.807, 2.05) is 38.1 Å². The standard InChI is InChI=1S/C13H19NO2/c1-10(2)13(15)14-8-7-11-5-4-6-12(9-11)16-3/h4-6,9-10H,7-8H2,1-3H3,(H,14,15). The Morgan fingerprint density at radius 3 is 2.81 bits per heavy atom. The summed E-state index contributed by atoms with van der Waals surface area (Å²) in [5, 5.41) is 2.89. The number of amides is 1. The third-order valence-electron chi connectivity index (χ3n) is 2.37. The number of hydrogen-bond acceptors (Lipinski definition) is 2. The van der Waals surface area contributed by atoms with Crippen molar-refractivity contribution in [2.45, 2.75) is 20.3 Å². The highest BCUT2D eigenvalue weighted by molar-refractivity contribution is 5.77. The average molecular weight is 221 g/mol. The smallest absolute Gasteiger partial charge is 0.222 e. The van der Waals surface area contributed by atoms with E-state index in [0.29, 0.717) is 6.54 Å². The van der Waals surface area contributed by atoms with Crippen molar-refractivity contribution < 1.29 is 9.53 Å². The summed E-state index contributed by atoms with van der Waals surface area (Å²) < 4.78 is 5.13. The molecule has 0 bridgehead atoms. The van der Waals surface area contributed by atoms with Gasteiger partial charge in [0.25, 0.3) is 0 Å². The van der Waals surface area contributed by atoms with Crippen LogP contribution < -0.4 is 10.1 Å². The number of benzene rings is 1. The van der Waals surface area contributed by atoms with E-state index in [4.69, 9.17) is 4.74 Å². The average Bonchev–Trinajstić information content (AvgIpc) is 2.29. The molecule has 0 heterocycles. The lowest BCUT2D eigenvalue weighted by atomic mass is 10.1. The van der Waals surface area contributed by atoms with Crippen molar-refractivity contribution in [2.24, 2.45) is 5.92 Å². The Morgan fingerprint density at radius 2 is 2.19 bits per heavy atom. The minimum atomic E-state index is 0.0466. The van der Waals surface area contributed by atoms with Gasteiger partial charge in [-0.3, -0.25) is 4.79 Å². The molecule has 1 rings (SSSR count). The second kappa shape index (κ2) is 6.16. The fourth-order valence-corrected chi connectivity index (χ4v) is 1.36. The molecule has 1 N–H and O–H groups in total. The number of nitrogens with one attached hydrogen (secondary N) is 1. The second-order valence-electron chi connectivity index (χ2n) is 4.05. The Kier molecular flexibility index (Phi) is 4.83. The SMILES string of the molecule is COc1cccc(CCNC(=O)C(C)C)c1. The van der Waals surface area contributed by atoms with Gasteiger partial charge in [-0.15, -0.1) is 0 Å². The van der Waals surface area contributed by atoms with Gasteiger partial charge in [-0.25, -0.2) is 0 Å². The maximum Gasteiger partial charge on any atom is 0.222 e. The summed E-state index contributed by atoms with van der Waals surface area (Å²) in [6, 6.07) is 7.89. The van der Waals surface area contributed by atoms with Crippen LogP contribution >= 0.6 is 0 Å². The third-order valence-corrected chi connectivity index (χ3v) is 2.37. The third kappa shape index (κ3) is 3.93. The van der Waals surface area contributed by atoms with Crippen molar-refractivity contribution in [3.8, 4) is 5.75 Å². The highest BCUT2D eigenvalue weighted by Gasteiger charge is 2.05. The Hall–Kier alpha value is -1.51. The molecule has 3 nitrogen and oxygen atoms in total. The zero-order chi connectivity index (χ0) is 12.0. The summed E-state index contributed by atoms with van der Waals surface area (Å²) in [6.07, 6.45) is 0.829. The largest absolute Gasteiger partial charge is 0.497 e. The normalized spacial score (nSPS) is 10.2. The molecule has 0 unspecified atom stereocenters. The maximum atomic E-state index is 11.3. The number of ether oxygens (including phenoxy) is 1. The molecule has 0 spiro atoms. The lowest BCUT2D eigenvalue weighted by Crippen LogP contribution is -2.29. The number of hydrogen-bond donors (Lipinski definition) is 1. The maximum absolute atomic E-state index is 11.3. The lowest BCUT2D eigenvalue weighted by molar-refractivity contribution is -0.123. The lowest BCUT2D eigenvalue weighted by Gasteiger charge is -2.08. The molecule has 0 atom stereocenters. The van der Waals surface area contributed by atoms with E-state index in [2.05, 4.69) is 5.32 Å². The van der Waals surface area contributed by atoms with Crippen LogP contribution in [-0.4, -0.2) is 19.6 Å². The molecule has 0 radical (unpaired) electrons. The highest BCUT2D eigenvalue weighted by atomic mass is 16.5. The van der Waals surface area contributed by atoms with Crippen molar-refractivity contribution in [2.75, 3.05) is 13.7 Å². The number of carbonyl (C=O) groups is 1. The zero-order valence-corrected chi connectivity index (χ0v) is 10.1. The molecular weight excluding hydrogens is 202 g/mol. The summed E-state index contributed by atoms with van der Waals surface area (Å²) >= 11 is 0. The predicted molar refractivity (Wildman–Crippen MR) is 64.5 cm³/mol. The quantitative estimate of drug-likeness (QED) is 0.826. The van der Waals surface area contributed by atoms with Crippen LogP contribution in [-0.2, 0) is 11.2 Å². The van der Waals surface area contributed by atoms with Gasteiger partial charge in [0.15, 0.2) is 0 Å². The predicted octanol–water partition coefficient (Wildman–Crippen LogP) is 2.01. The molecular formula is C13H19NO2. The van der Waals surface area contributed by atoms with Gasteiger partial charge in [-0.1, -0.05) is 26.0 Å². The van der Waals surface area contributed by atoms with Crippen LogP contribution in [0.5, 0.6) is 5.75 Å². The monoisotopic (exact) mass is 221 g/mol. The van der Waals surface area contributed by atoms with Crippen LogP contribution in [0.25, 0.3) is 0 Å². The van der Waals surface area contributed by atoms with Crippen molar-refractivity contribution in [1.82, 2.24) is 5.32 Å². The molecule has 1 aromatic carbocycles. The molecule has 16 heavy (non-hydrogen) atoms. The Balaban J connectivity index is 2.40. The summed E-state index contributed by atoms with van der Waals surface area (Å²) in [5.74, 6) is 1.00. The molecule has 0 aliphatic heterocycles. The van der Waals surface area contributed by atoms with Crippen LogP contribution in [0.2, 0.25) is 0 Å². The van der Waals surface area contributed by atoms with Crippen LogP contribution in [0.4, 0.5) is 0 Å². The van der Waals surface area contributed by atoms with E-state index in [0.717, 1.165) is 12.2 Å². The van der Waals surface area contributed by atoms with Crippen LogP contribution in [0.15, 0.2) is 24.3 Å². The molecule has 0 aliphatic rings. The van der Waals surface area contributed by atoms with Crippen molar-refractivity contribution in [3.05, 3.63) is 29.8 Å². The first-order valence-electron chi connectivity index (χ1n) is 5.54. The Labute approximate surface area is 96.8 Å². The van der Waals surface area contributed by atoms with Gasteiger partial charge in [0.2, 0.25) is 5.91 Å². The van der Waals surface area contributed by atoms with Crippen molar-refractivity contribution >= 4 is 5.91 Å². The van der Waals surface area contributed by atoms with Crippen LogP contribution in [0, 0.1) is 5.92 Å². The molecule has 0 aromatic heterocycles. The zero-order valence-electron chi connectivity index (χ0n) is 10.1. The first-order valence-corrected chi connectivity index (χ1v) is 5.54. The Morgan fingerprint density at radius 1 is 1.44 bits per heavy atom. The summed E-state index contributed by atoms with van der Waals surface area (Å²) in [4.78, 5) is 11.3. The summed E-state index contributed by atoms with van der Waals surface area (Å²) in [6.45, 7) is 4.45. The first-order chi connectivity index (χ1) is 7.63. The summed E-state index contributed by atoms with van der Waals surface area (Å²) in [7, 11) is 1.65. The van der Waals surface area contributed by atoms with E-state index in [9.17, 15) is 4.79 Å². The van der Waals surface area contributed by atoms with Crippen LogP contribution in [0.1, 0.15) is 19.4 Å². The fourth-order valence-electron chi connectivity index (χ4n) is 1.36. The fraction of sp³-hybridized carbons (Fsp3) is 0.462. The number of rotatable bonds is 5. The number of methoxy groups -OCH3 is 1. The van der Waals surface area contributed by atoms with Gasteiger partial charge in [-0.2, -0.15) is 0 Å². The highest BCUT2D eigenvalue weighted by Crippen LogP contribution is 2.12. The molecule has 0 fully saturated rings. The topological polar surface area (TPSA) is 38.3 Å². The minimum Gasteiger partial charge on any atom is -0.497 e. The van der Waals surface area contributed by atoms with E-state index in [1.165, 1.54) is 5.56 Å². The minimum absolute atomic E-state index is 0.0466. The molecule has 0 saturated carbocycles. The summed E-state index contributed by atoms with van der Waals surface area (Å²) in [5.41, 5.74) is 1.17. The molecule has 0 aliphatic carbocycles. The Bertz CT molecular complexity index is 348. The van der Waals surface area contributed by atoms with Crippen molar-refractivity contribution in [1.29, 1.82) is 0 Å². The molecule has 1 amide bonds. The number of carbonyl (C=O) groups excluding carboxylic acids is 1. The van der Waals surface area contributed by atoms with Crippen molar-refractivity contribution in [3.63, 3.8) is 0 Å². The first kappa shape index (κ1) is 12.6. The molecule has 0 saturated heterocycles. The van der Waals surface area contributed by atoms with Crippen LogP contribution in [0.3, 0.4) is 0 Å². The molecule has 3 heteroatoms. The molecule has 88 valence electrons. The van der Waals surface area contributed by atoms with Gasteiger partial charge in [-0.05, 0) is 24.1 Å². The van der Waals surface area contributed by atoms with Gasteiger partial charge in [0, 0.05) is 12.5 Å².